The number of methoxy groups -OCH3 is 1. The summed E-state index contributed by atoms with van der Waals surface area (Å²) >= 11 is 0. The van der Waals surface area contributed by atoms with Crippen LogP contribution in [0.4, 0.5) is 0 Å². The van der Waals surface area contributed by atoms with E-state index in [9.17, 15) is 29.1 Å². The first-order valence-electron chi connectivity index (χ1n) is 25.5. The van der Waals surface area contributed by atoms with Crippen LogP contribution >= 0.6 is 0 Å². The zero-order chi connectivity index (χ0) is 45.8. The molecule has 2 saturated carbocycles. The lowest BCUT2D eigenvalue weighted by Crippen LogP contribution is -2.50. The van der Waals surface area contributed by atoms with Gasteiger partial charge >= 0.3 is 5.97 Å². The number of fused-ring (bicyclic) bond motifs is 6. The van der Waals surface area contributed by atoms with Crippen molar-refractivity contribution in [3.8, 4) is 0 Å². The highest BCUT2D eigenvalue weighted by Crippen LogP contribution is 2.66. The molecule has 0 aromatic heterocycles. The molecule has 1 N–H and O–H groups in total. The van der Waals surface area contributed by atoms with E-state index in [-0.39, 0.29) is 99.8 Å². The monoisotopic (exact) mass is 867 g/mol. The summed E-state index contributed by atoms with van der Waals surface area (Å²) in [6.07, 6.45) is 20.8. The van der Waals surface area contributed by atoms with Gasteiger partial charge in [-0.1, -0.05) is 159 Å². The molecular formula is C53H90N2O7. The molecule has 2 aliphatic carbocycles. The van der Waals surface area contributed by atoms with Crippen LogP contribution in [0.25, 0.3) is 0 Å². The summed E-state index contributed by atoms with van der Waals surface area (Å²) in [5.74, 6) is 1.06. The number of esters is 1. The molecule has 0 spiro atoms. The van der Waals surface area contributed by atoms with Gasteiger partial charge < -0.3 is 19.6 Å². The minimum atomic E-state index is -0.394. The summed E-state index contributed by atoms with van der Waals surface area (Å²) < 4.78 is 5.04. The zero-order valence-corrected chi connectivity index (χ0v) is 41.3. The SMILES string of the molecule is COC(=O)[C@@H]1CCCCCCCCCC(C)(C)[C@H](C)C(=O)N2CC3[C@@H]([C@H]2C(=O)C1)C3(C)C.C[C@@H]1C(=O)N2CC3[C@@H]([C@H]2C(=O)C[C@H](CO)CCCCCCCCCC1(C)C)C3(C)C. The Hall–Kier alpha value is -2.29. The number of hydrogen-bond donors (Lipinski definition) is 1. The number of piperidine rings is 2. The molecule has 9 nitrogen and oxygen atoms in total. The number of ketones is 2. The molecule has 0 bridgehead atoms. The highest BCUT2D eigenvalue weighted by Gasteiger charge is 2.70. The Morgan fingerprint density at radius 2 is 0.952 bits per heavy atom. The van der Waals surface area contributed by atoms with E-state index in [4.69, 9.17) is 4.74 Å². The van der Waals surface area contributed by atoms with Crippen molar-refractivity contribution >= 4 is 29.4 Å². The lowest BCUT2D eigenvalue weighted by atomic mass is 9.75. The normalized spacial score (nSPS) is 37.0. The molecule has 6 aliphatic rings. The van der Waals surface area contributed by atoms with Gasteiger partial charge in [0.15, 0.2) is 11.6 Å². The van der Waals surface area contributed by atoms with Crippen molar-refractivity contribution in [3.63, 3.8) is 0 Å². The molecule has 0 radical (unpaired) electrons. The molecule has 2 amide bonds. The van der Waals surface area contributed by atoms with Crippen molar-refractivity contribution in [1.82, 2.24) is 9.80 Å². The topological polar surface area (TPSA) is 121 Å². The Morgan fingerprint density at radius 3 is 1.35 bits per heavy atom. The van der Waals surface area contributed by atoms with Crippen LogP contribution in [0.5, 0.6) is 0 Å². The second-order valence-corrected chi connectivity index (χ2v) is 23.8. The third kappa shape index (κ3) is 11.4. The van der Waals surface area contributed by atoms with Crippen LogP contribution < -0.4 is 0 Å². The first-order valence-corrected chi connectivity index (χ1v) is 25.5. The number of aliphatic hydroxyl groups excluding tert-OH is 1. The number of nitrogens with zero attached hydrogens (tertiary/aromatic N) is 2. The lowest BCUT2D eigenvalue weighted by Gasteiger charge is -2.38. The third-order valence-corrected chi connectivity index (χ3v) is 18.3. The number of hydrogen-bond acceptors (Lipinski definition) is 7. The van der Waals surface area contributed by atoms with Crippen LogP contribution in [-0.4, -0.2) is 83.1 Å². The van der Waals surface area contributed by atoms with Crippen molar-refractivity contribution < 1.29 is 33.8 Å². The van der Waals surface area contributed by atoms with Crippen LogP contribution in [0.15, 0.2) is 0 Å². The van der Waals surface area contributed by atoms with E-state index in [1.165, 1.54) is 71.3 Å². The number of carbonyl (C=O) groups excluding carboxylic acids is 5. The second-order valence-electron chi connectivity index (χ2n) is 23.8. The first kappa shape index (κ1) is 50.7. The first-order chi connectivity index (χ1) is 29.1. The van der Waals surface area contributed by atoms with E-state index in [1.54, 1.807) is 0 Å². The van der Waals surface area contributed by atoms with Crippen LogP contribution in [0.3, 0.4) is 0 Å². The standard InChI is InChI=1S/C27H45NO4.C26H45NO3/c1-18-24(30)28-17-20-22(27(20,4)5)23(28)21(29)16-19(25(31)32-6)14-12-10-8-7-9-11-13-15-26(18,2)3;1-18-24(30)27-16-20-22(26(20,4)5)23(27)21(29)15-19(17-28)13-11-9-7-6-8-10-12-14-25(18,2)3/h18-20,22-23H,7-17H2,1-6H3;18-20,22-23,28H,6-17H2,1-5H3/t2*18-,19-,20?,22+,23-/m11/s1. The van der Waals surface area contributed by atoms with Gasteiger partial charge in [-0.25, -0.2) is 0 Å². The van der Waals surface area contributed by atoms with Gasteiger partial charge in [-0.15, -0.1) is 0 Å². The predicted molar refractivity (Wildman–Crippen MR) is 247 cm³/mol. The summed E-state index contributed by atoms with van der Waals surface area (Å²) in [4.78, 5) is 70.6. The van der Waals surface area contributed by atoms with Crippen LogP contribution in [0.2, 0.25) is 0 Å². The van der Waals surface area contributed by atoms with Gasteiger partial charge in [0.2, 0.25) is 11.8 Å². The smallest absolute Gasteiger partial charge is 0.309 e. The van der Waals surface area contributed by atoms with E-state index in [0.29, 0.717) is 37.1 Å². The molecule has 0 aromatic rings. The number of rotatable bonds is 2. The highest BCUT2D eigenvalue weighted by molar-refractivity contribution is 5.94. The fourth-order valence-electron chi connectivity index (χ4n) is 12.6. The number of carbonyl (C=O) groups is 5. The van der Waals surface area contributed by atoms with Gasteiger partial charge in [-0.2, -0.15) is 0 Å². The molecule has 9 heteroatoms. The largest absolute Gasteiger partial charge is 0.469 e. The van der Waals surface area contributed by atoms with E-state index in [0.717, 1.165) is 51.5 Å². The average molecular weight is 867 g/mol. The number of ether oxygens (including phenoxy) is 1. The second kappa shape index (κ2) is 20.9. The Kier molecular flexibility index (Phi) is 17.1. The summed E-state index contributed by atoms with van der Waals surface area (Å²) in [6, 6.07) is -0.663. The van der Waals surface area contributed by atoms with Crippen molar-refractivity contribution in [2.24, 2.45) is 69.0 Å². The third-order valence-electron chi connectivity index (χ3n) is 18.3. The van der Waals surface area contributed by atoms with Crippen LogP contribution in [-0.2, 0) is 28.7 Å². The molecule has 10 atom stereocenters. The predicted octanol–water partition coefficient (Wildman–Crippen LogP) is 10.6. The summed E-state index contributed by atoms with van der Waals surface area (Å²) in [5.41, 5.74) is 0.114. The molecule has 62 heavy (non-hydrogen) atoms. The fraction of sp³-hybridized carbons (Fsp3) is 0.906. The van der Waals surface area contributed by atoms with Crippen molar-refractivity contribution in [1.29, 1.82) is 0 Å². The molecule has 4 heterocycles. The molecule has 6 fully saturated rings. The van der Waals surface area contributed by atoms with E-state index < -0.39 is 5.92 Å². The Bertz CT molecular complexity index is 1570. The van der Waals surface area contributed by atoms with E-state index in [2.05, 4.69) is 62.3 Å². The summed E-state index contributed by atoms with van der Waals surface area (Å²) in [6.45, 7) is 23.4. The average Bonchev–Trinajstić information content (AvgIpc) is 3.67. The summed E-state index contributed by atoms with van der Waals surface area (Å²) in [5, 5.41) is 9.88. The van der Waals surface area contributed by atoms with Gasteiger partial charge in [-0.05, 0) is 76.9 Å². The molecular weight excluding hydrogens is 777 g/mol. The minimum absolute atomic E-state index is 0.0416. The van der Waals surface area contributed by atoms with Gasteiger partial charge in [0.25, 0.3) is 0 Å². The van der Waals surface area contributed by atoms with Crippen molar-refractivity contribution in [3.05, 3.63) is 0 Å². The number of aliphatic hydroxyl groups is 1. The number of Topliss-reactive ketones (excluding diaryl/α,β-unsaturated/α-hetero) is 2. The molecule has 6 rings (SSSR count). The zero-order valence-electron chi connectivity index (χ0n) is 41.3. The van der Waals surface area contributed by atoms with Crippen molar-refractivity contribution in [2.45, 2.75) is 210 Å². The van der Waals surface area contributed by atoms with Gasteiger partial charge in [0.05, 0.1) is 25.1 Å². The quantitative estimate of drug-likeness (QED) is 0.274. The van der Waals surface area contributed by atoms with Gasteiger partial charge in [-0.3, -0.25) is 24.0 Å². The molecule has 0 aromatic carbocycles. The van der Waals surface area contributed by atoms with Crippen LogP contribution in [0, 0.1) is 69.0 Å². The molecule has 4 saturated heterocycles. The maximum Gasteiger partial charge on any atom is 0.309 e. The maximum absolute atomic E-state index is 13.7. The van der Waals surface area contributed by atoms with E-state index in [1.807, 2.05) is 16.7 Å². The molecule has 2 unspecified atom stereocenters. The highest BCUT2D eigenvalue weighted by atomic mass is 16.5. The van der Waals surface area contributed by atoms with Crippen LogP contribution in [0.1, 0.15) is 198 Å². The van der Waals surface area contributed by atoms with Crippen molar-refractivity contribution in [2.75, 3.05) is 26.8 Å². The Balaban J connectivity index is 0.000000235. The molecule has 4 aliphatic heterocycles. The van der Waals surface area contributed by atoms with Gasteiger partial charge in [0, 0.05) is 44.4 Å². The number of amides is 2. The van der Waals surface area contributed by atoms with Gasteiger partial charge in [0.1, 0.15) is 0 Å². The maximum atomic E-state index is 13.7. The Morgan fingerprint density at radius 1 is 0.581 bits per heavy atom. The summed E-state index contributed by atoms with van der Waals surface area (Å²) in [7, 11) is 1.41. The minimum Gasteiger partial charge on any atom is -0.469 e. The van der Waals surface area contributed by atoms with E-state index >= 15 is 0 Å². The Labute approximate surface area is 377 Å². The lowest BCUT2D eigenvalue weighted by molar-refractivity contribution is -0.149. The fourth-order valence-corrected chi connectivity index (χ4v) is 12.6. The molecule has 354 valence electrons.